The standard InChI is InChI=1S/C21H24Cl2N4O/c1-16-2-4-17(5-3-16)14-26-8-10-27(11-9-26)15-21(28)25-24-13-18-6-7-19(22)12-20(18)23/h2-7,12-13H,8-11,14-15H2,1H3,(H,25,28)/b24-13+. The molecule has 2 aromatic carbocycles. The maximum Gasteiger partial charge on any atom is 0.254 e. The molecule has 3 rings (SSSR count). The lowest BCUT2D eigenvalue weighted by atomic mass is 10.1. The van der Waals surface area contributed by atoms with Gasteiger partial charge in [0.15, 0.2) is 0 Å². The van der Waals surface area contributed by atoms with Gasteiger partial charge in [-0.3, -0.25) is 14.6 Å². The third-order valence-electron chi connectivity index (χ3n) is 4.71. The molecule has 5 nitrogen and oxygen atoms in total. The SMILES string of the molecule is Cc1ccc(CN2CCN(CC(=O)N/N=C/c3ccc(Cl)cc3Cl)CC2)cc1. The number of nitrogens with zero attached hydrogens (tertiary/aromatic N) is 3. The zero-order valence-electron chi connectivity index (χ0n) is 15.9. The molecule has 0 bridgehead atoms. The average Bonchev–Trinajstić information content (AvgIpc) is 2.67. The van der Waals surface area contributed by atoms with E-state index >= 15 is 0 Å². The number of nitrogens with one attached hydrogen (secondary N) is 1. The van der Waals surface area contributed by atoms with E-state index in [-0.39, 0.29) is 5.91 Å². The first kappa shape index (κ1) is 20.8. The Bertz CT molecular complexity index is 831. The van der Waals surface area contributed by atoms with E-state index in [1.54, 1.807) is 18.2 Å². The van der Waals surface area contributed by atoms with Crippen LogP contribution in [0.5, 0.6) is 0 Å². The second-order valence-corrected chi connectivity index (χ2v) is 7.84. The highest BCUT2D eigenvalue weighted by atomic mass is 35.5. The Labute approximate surface area is 175 Å². The van der Waals surface area contributed by atoms with E-state index in [1.807, 2.05) is 0 Å². The molecular formula is C21H24Cl2N4O. The van der Waals surface area contributed by atoms with Crippen molar-refractivity contribution in [1.29, 1.82) is 0 Å². The third kappa shape index (κ3) is 6.31. The van der Waals surface area contributed by atoms with Crippen LogP contribution in [0.15, 0.2) is 47.6 Å². The fourth-order valence-corrected chi connectivity index (χ4v) is 3.53. The van der Waals surface area contributed by atoms with E-state index in [2.05, 4.69) is 51.5 Å². The molecule has 1 amide bonds. The van der Waals surface area contributed by atoms with Gasteiger partial charge >= 0.3 is 0 Å². The van der Waals surface area contributed by atoms with Gasteiger partial charge in [-0.1, -0.05) is 59.1 Å². The molecule has 1 heterocycles. The number of carbonyl (C=O) groups excluding carboxylic acids is 1. The van der Waals surface area contributed by atoms with Crippen LogP contribution in [0.25, 0.3) is 0 Å². The molecule has 1 aliphatic rings. The summed E-state index contributed by atoms with van der Waals surface area (Å²) >= 11 is 11.9. The summed E-state index contributed by atoms with van der Waals surface area (Å²) < 4.78 is 0. The second kappa shape index (κ2) is 10.0. The molecule has 2 aromatic rings. The zero-order chi connectivity index (χ0) is 19.9. The summed E-state index contributed by atoms with van der Waals surface area (Å²) in [4.78, 5) is 16.7. The predicted molar refractivity (Wildman–Crippen MR) is 115 cm³/mol. The summed E-state index contributed by atoms with van der Waals surface area (Å²) in [6.45, 7) is 7.02. The first-order chi connectivity index (χ1) is 13.5. The first-order valence-electron chi connectivity index (χ1n) is 9.27. The summed E-state index contributed by atoms with van der Waals surface area (Å²) in [6.07, 6.45) is 1.52. The number of hydrazone groups is 1. The van der Waals surface area contributed by atoms with Gasteiger partial charge < -0.3 is 0 Å². The van der Waals surface area contributed by atoms with Gasteiger partial charge in [0.25, 0.3) is 5.91 Å². The van der Waals surface area contributed by atoms with E-state index < -0.39 is 0 Å². The predicted octanol–water partition coefficient (Wildman–Crippen LogP) is 3.57. The summed E-state index contributed by atoms with van der Waals surface area (Å²) in [5, 5.41) is 5.04. The largest absolute Gasteiger partial charge is 0.297 e. The van der Waals surface area contributed by atoms with Crippen molar-refractivity contribution in [1.82, 2.24) is 15.2 Å². The Morgan fingerprint density at radius 3 is 2.43 bits per heavy atom. The molecule has 0 spiro atoms. The Balaban J connectivity index is 1.39. The monoisotopic (exact) mass is 418 g/mol. The minimum absolute atomic E-state index is 0.131. The lowest BCUT2D eigenvalue weighted by Gasteiger charge is -2.34. The van der Waals surface area contributed by atoms with Gasteiger partial charge in [-0.2, -0.15) is 5.10 Å². The van der Waals surface area contributed by atoms with Gasteiger partial charge in [-0.15, -0.1) is 0 Å². The Hall–Kier alpha value is -1.92. The lowest BCUT2D eigenvalue weighted by Crippen LogP contribution is -2.48. The van der Waals surface area contributed by atoms with Crippen molar-refractivity contribution in [3.05, 3.63) is 69.2 Å². The molecule has 1 saturated heterocycles. The fraction of sp³-hybridized carbons (Fsp3) is 0.333. The smallest absolute Gasteiger partial charge is 0.254 e. The zero-order valence-corrected chi connectivity index (χ0v) is 17.4. The number of piperazine rings is 1. The lowest BCUT2D eigenvalue weighted by molar-refractivity contribution is -0.122. The minimum Gasteiger partial charge on any atom is -0.297 e. The fourth-order valence-electron chi connectivity index (χ4n) is 3.08. The number of carbonyl (C=O) groups is 1. The van der Waals surface area contributed by atoms with E-state index in [1.165, 1.54) is 17.3 Å². The van der Waals surface area contributed by atoms with Crippen molar-refractivity contribution < 1.29 is 4.79 Å². The number of hydrogen-bond acceptors (Lipinski definition) is 4. The molecule has 0 aromatic heterocycles. The molecule has 1 fully saturated rings. The van der Waals surface area contributed by atoms with Crippen molar-refractivity contribution in [2.24, 2.45) is 5.10 Å². The summed E-state index contributed by atoms with van der Waals surface area (Å²) in [5.41, 5.74) is 5.87. The van der Waals surface area contributed by atoms with Crippen LogP contribution in [0.1, 0.15) is 16.7 Å². The number of halogens is 2. The highest BCUT2D eigenvalue weighted by Crippen LogP contribution is 2.19. The van der Waals surface area contributed by atoms with Crippen molar-refractivity contribution in [3.8, 4) is 0 Å². The Morgan fingerprint density at radius 1 is 1.07 bits per heavy atom. The van der Waals surface area contributed by atoms with Crippen molar-refractivity contribution in [3.63, 3.8) is 0 Å². The van der Waals surface area contributed by atoms with Gasteiger partial charge in [0, 0.05) is 43.3 Å². The Kier molecular flexibility index (Phi) is 7.45. The van der Waals surface area contributed by atoms with Crippen molar-refractivity contribution in [2.45, 2.75) is 13.5 Å². The molecule has 7 heteroatoms. The summed E-state index contributed by atoms with van der Waals surface area (Å²) in [5.74, 6) is -0.131. The molecule has 28 heavy (non-hydrogen) atoms. The van der Waals surface area contributed by atoms with Gasteiger partial charge in [0.1, 0.15) is 0 Å². The molecule has 0 aliphatic carbocycles. The van der Waals surface area contributed by atoms with E-state index in [9.17, 15) is 4.79 Å². The maximum absolute atomic E-state index is 12.1. The van der Waals surface area contributed by atoms with Crippen LogP contribution in [-0.4, -0.2) is 54.6 Å². The van der Waals surface area contributed by atoms with Crippen molar-refractivity contribution >= 4 is 35.3 Å². The van der Waals surface area contributed by atoms with Crippen LogP contribution in [0, 0.1) is 6.92 Å². The second-order valence-electron chi connectivity index (χ2n) is 7.00. The van der Waals surface area contributed by atoms with Gasteiger partial charge in [0.2, 0.25) is 0 Å². The summed E-state index contributed by atoms with van der Waals surface area (Å²) in [6, 6.07) is 13.8. The number of rotatable bonds is 6. The molecule has 1 aliphatic heterocycles. The van der Waals surface area contributed by atoms with E-state index in [0.29, 0.717) is 22.2 Å². The number of hydrogen-bond donors (Lipinski definition) is 1. The molecule has 0 radical (unpaired) electrons. The first-order valence-corrected chi connectivity index (χ1v) is 10.0. The maximum atomic E-state index is 12.1. The molecule has 0 saturated carbocycles. The van der Waals surface area contributed by atoms with Crippen LogP contribution in [-0.2, 0) is 11.3 Å². The van der Waals surface area contributed by atoms with Crippen molar-refractivity contribution in [2.75, 3.05) is 32.7 Å². The van der Waals surface area contributed by atoms with E-state index in [4.69, 9.17) is 23.2 Å². The molecule has 1 N–H and O–H groups in total. The van der Waals surface area contributed by atoms with Gasteiger partial charge in [-0.05, 0) is 24.6 Å². The average molecular weight is 419 g/mol. The molecule has 0 unspecified atom stereocenters. The molecule has 0 atom stereocenters. The molecule has 148 valence electrons. The third-order valence-corrected chi connectivity index (χ3v) is 5.28. The van der Waals surface area contributed by atoms with Gasteiger partial charge in [0.05, 0.1) is 17.8 Å². The normalized spacial score (nSPS) is 15.8. The van der Waals surface area contributed by atoms with Crippen LogP contribution in [0.4, 0.5) is 0 Å². The topological polar surface area (TPSA) is 47.9 Å². The molecular weight excluding hydrogens is 395 g/mol. The van der Waals surface area contributed by atoms with Gasteiger partial charge in [-0.25, -0.2) is 5.43 Å². The number of benzene rings is 2. The van der Waals surface area contributed by atoms with E-state index in [0.717, 1.165) is 32.7 Å². The van der Waals surface area contributed by atoms with Crippen LogP contribution in [0.2, 0.25) is 10.0 Å². The van der Waals surface area contributed by atoms with Crippen LogP contribution >= 0.6 is 23.2 Å². The van der Waals surface area contributed by atoms with Crippen LogP contribution < -0.4 is 5.43 Å². The summed E-state index contributed by atoms with van der Waals surface area (Å²) in [7, 11) is 0. The minimum atomic E-state index is -0.131. The quantitative estimate of drug-likeness (QED) is 0.575. The number of aryl methyl sites for hydroxylation is 1. The highest BCUT2D eigenvalue weighted by molar-refractivity contribution is 6.36. The Morgan fingerprint density at radius 2 is 1.75 bits per heavy atom. The highest BCUT2D eigenvalue weighted by Gasteiger charge is 2.18. The number of amides is 1. The van der Waals surface area contributed by atoms with Crippen LogP contribution in [0.3, 0.4) is 0 Å².